The van der Waals surface area contributed by atoms with Crippen LogP contribution in [0.25, 0.3) is 0 Å². The highest BCUT2D eigenvalue weighted by molar-refractivity contribution is 9.09. The monoisotopic (exact) mass is 315 g/mol. The maximum atomic E-state index is 12.1. The summed E-state index contributed by atoms with van der Waals surface area (Å²) in [5.74, 6) is 0.374. The molecule has 7 heteroatoms. The zero-order valence-corrected chi connectivity index (χ0v) is 11.4. The number of carbonyl (C=O) groups excluding carboxylic acids is 1. The van der Waals surface area contributed by atoms with Gasteiger partial charge >= 0.3 is 0 Å². The molecule has 1 atom stereocenters. The molecular formula is C11H14BrN3O3. The van der Waals surface area contributed by atoms with Gasteiger partial charge in [-0.3, -0.25) is 14.9 Å². The van der Waals surface area contributed by atoms with Gasteiger partial charge in [-0.05, 0) is 18.8 Å². The number of alkyl halides is 1. The summed E-state index contributed by atoms with van der Waals surface area (Å²) in [6.07, 6.45) is 3.30. The van der Waals surface area contributed by atoms with Gasteiger partial charge in [0.2, 0.25) is 0 Å². The Bertz CT molecular complexity index is 460. The highest BCUT2D eigenvalue weighted by Gasteiger charge is 2.27. The van der Waals surface area contributed by atoms with Crippen LogP contribution in [-0.2, 0) is 0 Å². The summed E-state index contributed by atoms with van der Waals surface area (Å²) in [5, 5.41) is 11.5. The molecule has 98 valence electrons. The van der Waals surface area contributed by atoms with E-state index < -0.39 is 4.92 Å². The van der Waals surface area contributed by atoms with E-state index in [2.05, 4.69) is 20.9 Å². The Labute approximate surface area is 113 Å². The van der Waals surface area contributed by atoms with E-state index in [-0.39, 0.29) is 11.6 Å². The molecule has 0 saturated carbocycles. The fraction of sp³-hybridized carbons (Fsp3) is 0.545. The van der Waals surface area contributed by atoms with Crippen LogP contribution in [0, 0.1) is 16.0 Å². The molecule has 1 aromatic rings. The van der Waals surface area contributed by atoms with Crippen molar-refractivity contribution in [3.63, 3.8) is 0 Å². The molecule has 1 aliphatic heterocycles. The van der Waals surface area contributed by atoms with Crippen LogP contribution in [0.2, 0.25) is 0 Å². The van der Waals surface area contributed by atoms with Crippen molar-refractivity contribution in [1.82, 2.24) is 9.88 Å². The van der Waals surface area contributed by atoms with Crippen molar-refractivity contribution in [3.05, 3.63) is 28.1 Å². The minimum atomic E-state index is -0.509. The maximum absolute atomic E-state index is 12.1. The van der Waals surface area contributed by atoms with Crippen molar-refractivity contribution in [3.8, 4) is 0 Å². The van der Waals surface area contributed by atoms with Gasteiger partial charge in [-0.2, -0.15) is 0 Å². The zero-order valence-electron chi connectivity index (χ0n) is 9.76. The summed E-state index contributed by atoms with van der Waals surface area (Å²) in [6, 6.07) is 1.29. The number of aromatic nitrogens is 1. The third-order valence-electron chi connectivity index (χ3n) is 3.20. The van der Waals surface area contributed by atoms with Gasteiger partial charge in [-0.25, -0.2) is 0 Å². The molecule has 1 saturated heterocycles. The van der Waals surface area contributed by atoms with E-state index in [0.717, 1.165) is 31.3 Å². The number of halogens is 1. The molecule has 2 heterocycles. The van der Waals surface area contributed by atoms with Gasteiger partial charge < -0.3 is 9.88 Å². The lowest BCUT2D eigenvalue weighted by Crippen LogP contribution is -2.28. The number of aromatic amines is 1. The molecule has 1 aliphatic rings. The highest BCUT2D eigenvalue weighted by atomic mass is 79.9. The number of nitrogens with zero attached hydrogens (tertiary/aromatic N) is 2. The number of amides is 1. The first-order chi connectivity index (χ1) is 8.61. The third-order valence-corrected chi connectivity index (χ3v) is 3.66. The fourth-order valence-corrected chi connectivity index (χ4v) is 2.84. The lowest BCUT2D eigenvalue weighted by molar-refractivity contribution is -0.384. The molecule has 0 aliphatic carbocycles. The number of hydrogen-bond donors (Lipinski definition) is 1. The Hall–Kier alpha value is -1.37. The zero-order chi connectivity index (χ0) is 13.1. The van der Waals surface area contributed by atoms with Gasteiger partial charge in [0.05, 0.1) is 11.1 Å². The second-order valence-corrected chi connectivity index (χ2v) is 5.21. The largest absolute Gasteiger partial charge is 0.351 e. The van der Waals surface area contributed by atoms with Crippen molar-refractivity contribution in [2.75, 3.05) is 18.4 Å². The molecule has 18 heavy (non-hydrogen) atoms. The maximum Gasteiger partial charge on any atom is 0.287 e. The number of nitro groups is 1. The average Bonchev–Trinajstić information content (AvgIpc) is 2.97. The van der Waals surface area contributed by atoms with Crippen LogP contribution in [0.4, 0.5) is 5.69 Å². The second-order valence-electron chi connectivity index (χ2n) is 4.41. The molecule has 6 nitrogen and oxygen atoms in total. The van der Waals surface area contributed by atoms with E-state index in [1.807, 2.05) is 0 Å². The van der Waals surface area contributed by atoms with Crippen LogP contribution in [0.1, 0.15) is 23.3 Å². The molecule has 0 bridgehead atoms. The van der Waals surface area contributed by atoms with Crippen LogP contribution in [-0.4, -0.2) is 39.1 Å². The van der Waals surface area contributed by atoms with Crippen molar-refractivity contribution >= 4 is 27.5 Å². The van der Waals surface area contributed by atoms with E-state index >= 15 is 0 Å². The lowest BCUT2D eigenvalue weighted by atomic mass is 10.1. The summed E-state index contributed by atoms with van der Waals surface area (Å²) < 4.78 is 0. The summed E-state index contributed by atoms with van der Waals surface area (Å²) in [7, 11) is 0. The molecule has 0 aromatic carbocycles. The number of nitrogens with one attached hydrogen (secondary N) is 1. The van der Waals surface area contributed by atoms with E-state index in [1.165, 1.54) is 12.3 Å². The van der Waals surface area contributed by atoms with Gasteiger partial charge in [0, 0.05) is 24.5 Å². The summed E-state index contributed by atoms with van der Waals surface area (Å²) in [4.78, 5) is 26.6. The predicted molar refractivity (Wildman–Crippen MR) is 69.9 cm³/mol. The van der Waals surface area contributed by atoms with Crippen LogP contribution >= 0.6 is 15.9 Å². The minimum Gasteiger partial charge on any atom is -0.351 e. The van der Waals surface area contributed by atoms with E-state index in [9.17, 15) is 14.9 Å². The first-order valence-electron chi connectivity index (χ1n) is 5.80. The molecule has 1 unspecified atom stereocenters. The number of hydrogen-bond acceptors (Lipinski definition) is 3. The van der Waals surface area contributed by atoms with Crippen LogP contribution < -0.4 is 0 Å². The number of carbonyl (C=O) groups is 1. The molecule has 0 spiro atoms. The average molecular weight is 316 g/mol. The van der Waals surface area contributed by atoms with Crippen molar-refractivity contribution < 1.29 is 9.72 Å². The van der Waals surface area contributed by atoms with E-state index in [4.69, 9.17) is 0 Å². The second kappa shape index (κ2) is 5.51. The predicted octanol–water partition coefficient (Wildman–Crippen LogP) is 2.17. The molecule has 1 aromatic heterocycles. The SMILES string of the molecule is O=C(c1cc([N+](=O)[O-])c[nH]1)N1CCC(CCBr)C1. The lowest BCUT2D eigenvalue weighted by Gasteiger charge is -2.15. The van der Waals surface area contributed by atoms with Crippen LogP contribution in [0.15, 0.2) is 12.3 Å². The first-order valence-corrected chi connectivity index (χ1v) is 6.92. The van der Waals surface area contributed by atoms with E-state index in [1.54, 1.807) is 4.90 Å². The van der Waals surface area contributed by atoms with Crippen molar-refractivity contribution in [1.29, 1.82) is 0 Å². The van der Waals surface area contributed by atoms with Crippen molar-refractivity contribution in [2.45, 2.75) is 12.8 Å². The van der Waals surface area contributed by atoms with E-state index in [0.29, 0.717) is 11.6 Å². The molecule has 1 amide bonds. The normalized spacial score (nSPS) is 19.2. The standard InChI is InChI=1S/C11H14BrN3O3/c12-3-1-8-2-4-14(7-8)11(16)10-5-9(6-13-10)15(17)18/h5-6,8,13H,1-4,7H2. The van der Waals surface area contributed by atoms with Gasteiger partial charge in [0.25, 0.3) is 11.6 Å². The summed E-state index contributed by atoms with van der Waals surface area (Å²) in [5.41, 5.74) is 0.218. The molecule has 2 rings (SSSR count). The molecule has 1 N–H and O–H groups in total. The summed E-state index contributed by atoms with van der Waals surface area (Å²) >= 11 is 3.40. The quantitative estimate of drug-likeness (QED) is 0.525. The first kappa shape index (κ1) is 13.1. The highest BCUT2D eigenvalue weighted by Crippen LogP contribution is 2.22. The Morgan fingerprint density at radius 2 is 2.44 bits per heavy atom. The Kier molecular flexibility index (Phi) is 4.00. The Morgan fingerprint density at radius 3 is 3.06 bits per heavy atom. The molecular weight excluding hydrogens is 302 g/mol. The molecule has 1 fully saturated rings. The van der Waals surface area contributed by atoms with Gasteiger partial charge in [-0.15, -0.1) is 0 Å². The number of likely N-dealkylation sites (tertiary alicyclic amines) is 1. The van der Waals surface area contributed by atoms with Crippen molar-refractivity contribution in [2.24, 2.45) is 5.92 Å². The number of rotatable bonds is 4. The smallest absolute Gasteiger partial charge is 0.287 e. The Balaban J connectivity index is 2.01. The van der Waals surface area contributed by atoms with Crippen LogP contribution in [0.3, 0.4) is 0 Å². The number of H-pyrrole nitrogens is 1. The fourth-order valence-electron chi connectivity index (χ4n) is 2.19. The summed E-state index contributed by atoms with van der Waals surface area (Å²) in [6.45, 7) is 1.46. The van der Waals surface area contributed by atoms with Gasteiger partial charge in [-0.1, -0.05) is 15.9 Å². The minimum absolute atomic E-state index is 0.0745. The third kappa shape index (κ3) is 2.72. The van der Waals surface area contributed by atoms with Gasteiger partial charge in [0.1, 0.15) is 5.69 Å². The Morgan fingerprint density at radius 1 is 1.67 bits per heavy atom. The molecule has 0 radical (unpaired) electrons. The van der Waals surface area contributed by atoms with Crippen LogP contribution in [0.5, 0.6) is 0 Å². The topological polar surface area (TPSA) is 79.2 Å². The van der Waals surface area contributed by atoms with Gasteiger partial charge in [0.15, 0.2) is 0 Å².